The minimum atomic E-state index is 0.515. The lowest BCUT2D eigenvalue weighted by molar-refractivity contribution is 0.318. The molecular weight excluding hydrogens is 238 g/mol. The van der Waals surface area contributed by atoms with Crippen LogP contribution in [0.25, 0.3) is 5.65 Å². The van der Waals surface area contributed by atoms with Crippen molar-refractivity contribution >= 4 is 11.6 Å². The van der Waals surface area contributed by atoms with E-state index in [0.717, 1.165) is 11.6 Å². The highest BCUT2D eigenvalue weighted by atomic mass is 15.4. The van der Waals surface area contributed by atoms with Crippen LogP contribution in [0.2, 0.25) is 0 Å². The Kier molecular flexibility index (Phi) is 2.48. The number of nitrogens with zero attached hydrogens (tertiary/aromatic N) is 4. The molecule has 0 saturated carbocycles. The summed E-state index contributed by atoms with van der Waals surface area (Å²) in [5.41, 5.74) is 2.11. The first-order chi connectivity index (χ1) is 9.29. The molecule has 5 nitrogen and oxygen atoms in total. The van der Waals surface area contributed by atoms with Gasteiger partial charge in [0.15, 0.2) is 5.65 Å². The summed E-state index contributed by atoms with van der Waals surface area (Å²) in [5.74, 6) is 0.768. The Morgan fingerprint density at radius 2 is 2.21 bits per heavy atom. The molecule has 19 heavy (non-hydrogen) atoms. The van der Waals surface area contributed by atoms with Crippen molar-refractivity contribution in [2.75, 3.05) is 18.4 Å². The highest BCUT2D eigenvalue weighted by molar-refractivity contribution is 5.44. The van der Waals surface area contributed by atoms with Gasteiger partial charge in [-0.3, -0.25) is 4.90 Å². The molecule has 2 aliphatic heterocycles. The molecule has 2 saturated heterocycles. The van der Waals surface area contributed by atoms with Crippen LogP contribution in [0.3, 0.4) is 0 Å². The molecule has 2 aromatic heterocycles. The monoisotopic (exact) mass is 257 g/mol. The Balaban J connectivity index is 1.58. The highest BCUT2D eigenvalue weighted by Crippen LogP contribution is 2.29. The number of hydrogen-bond donors (Lipinski definition) is 1. The molecule has 0 aliphatic carbocycles. The fourth-order valence-electron chi connectivity index (χ4n) is 3.46. The van der Waals surface area contributed by atoms with Gasteiger partial charge in [-0.15, -0.1) is 5.10 Å². The lowest BCUT2D eigenvalue weighted by Gasteiger charge is -2.20. The lowest BCUT2D eigenvalue weighted by Crippen LogP contribution is -2.34. The van der Waals surface area contributed by atoms with Crippen LogP contribution in [-0.4, -0.2) is 44.7 Å². The molecule has 0 amide bonds. The van der Waals surface area contributed by atoms with Crippen LogP contribution in [0.4, 0.5) is 5.95 Å². The first-order valence-electron chi connectivity index (χ1n) is 7.13. The number of fused-ring (bicyclic) bond motifs is 2. The Morgan fingerprint density at radius 1 is 1.26 bits per heavy atom. The van der Waals surface area contributed by atoms with Crippen molar-refractivity contribution in [3.8, 4) is 0 Å². The highest BCUT2D eigenvalue weighted by Gasteiger charge is 2.37. The van der Waals surface area contributed by atoms with Gasteiger partial charge >= 0.3 is 0 Å². The van der Waals surface area contributed by atoms with Crippen molar-refractivity contribution in [2.45, 2.75) is 38.3 Å². The maximum absolute atomic E-state index is 4.55. The molecule has 2 fully saturated rings. The minimum absolute atomic E-state index is 0.515. The molecule has 0 spiro atoms. The van der Waals surface area contributed by atoms with Gasteiger partial charge in [0.25, 0.3) is 0 Å². The molecule has 1 N–H and O–H groups in total. The molecule has 2 atom stereocenters. The number of hydrogen-bond acceptors (Lipinski definition) is 4. The number of rotatable bonds is 2. The molecule has 2 unspecified atom stereocenters. The molecule has 2 aromatic rings. The zero-order valence-corrected chi connectivity index (χ0v) is 11.2. The first-order valence-corrected chi connectivity index (χ1v) is 7.13. The summed E-state index contributed by atoms with van der Waals surface area (Å²) in [4.78, 5) is 7.15. The van der Waals surface area contributed by atoms with Crippen LogP contribution in [0, 0.1) is 6.92 Å². The van der Waals surface area contributed by atoms with Crippen LogP contribution in [0.5, 0.6) is 0 Å². The number of aryl methyl sites for hydroxylation is 1. The maximum Gasteiger partial charge on any atom is 0.243 e. The number of anilines is 1. The zero-order valence-electron chi connectivity index (χ0n) is 11.2. The summed E-state index contributed by atoms with van der Waals surface area (Å²) in [7, 11) is 0. The Morgan fingerprint density at radius 3 is 3.16 bits per heavy atom. The van der Waals surface area contributed by atoms with E-state index in [1.807, 2.05) is 16.8 Å². The quantitative estimate of drug-likeness (QED) is 0.889. The predicted octanol–water partition coefficient (Wildman–Crippen LogP) is 1.69. The van der Waals surface area contributed by atoms with Gasteiger partial charge in [0.2, 0.25) is 5.95 Å². The van der Waals surface area contributed by atoms with Gasteiger partial charge in [-0.1, -0.05) is 6.07 Å². The summed E-state index contributed by atoms with van der Waals surface area (Å²) >= 11 is 0. The van der Waals surface area contributed by atoms with E-state index in [4.69, 9.17) is 0 Å². The fourth-order valence-corrected chi connectivity index (χ4v) is 3.46. The number of aromatic nitrogens is 3. The van der Waals surface area contributed by atoms with Crippen molar-refractivity contribution in [3.63, 3.8) is 0 Å². The second-order valence-corrected chi connectivity index (χ2v) is 5.73. The van der Waals surface area contributed by atoms with E-state index < -0.39 is 0 Å². The van der Waals surface area contributed by atoms with Gasteiger partial charge in [-0.2, -0.15) is 4.98 Å². The smallest absolute Gasteiger partial charge is 0.243 e. The van der Waals surface area contributed by atoms with Crippen LogP contribution < -0.4 is 5.32 Å². The number of pyridine rings is 1. The Labute approximate surface area is 112 Å². The predicted molar refractivity (Wildman–Crippen MR) is 74.3 cm³/mol. The molecule has 2 aliphatic rings. The summed E-state index contributed by atoms with van der Waals surface area (Å²) in [5, 5.41) is 8.06. The average molecular weight is 257 g/mol. The average Bonchev–Trinajstić information content (AvgIpc) is 3.05. The van der Waals surface area contributed by atoms with Gasteiger partial charge < -0.3 is 5.32 Å². The van der Waals surface area contributed by atoms with Crippen molar-refractivity contribution in [1.29, 1.82) is 0 Å². The van der Waals surface area contributed by atoms with Crippen molar-refractivity contribution in [2.24, 2.45) is 0 Å². The first kappa shape index (κ1) is 11.2. The van der Waals surface area contributed by atoms with Gasteiger partial charge in [-0.05, 0) is 44.4 Å². The van der Waals surface area contributed by atoms with E-state index in [-0.39, 0.29) is 0 Å². The second kappa shape index (κ2) is 4.20. The van der Waals surface area contributed by atoms with Gasteiger partial charge in [0.05, 0.1) is 0 Å². The van der Waals surface area contributed by atoms with Gasteiger partial charge in [0.1, 0.15) is 0 Å². The van der Waals surface area contributed by atoms with Crippen LogP contribution in [0.1, 0.15) is 24.8 Å². The van der Waals surface area contributed by atoms with Crippen molar-refractivity contribution < 1.29 is 0 Å². The summed E-state index contributed by atoms with van der Waals surface area (Å²) in [6.45, 7) is 4.55. The van der Waals surface area contributed by atoms with E-state index in [9.17, 15) is 0 Å². The lowest BCUT2D eigenvalue weighted by atomic mass is 10.1. The fraction of sp³-hybridized carbons (Fsp3) is 0.571. The third-order valence-corrected chi connectivity index (χ3v) is 4.40. The summed E-state index contributed by atoms with van der Waals surface area (Å²) in [6.07, 6.45) is 5.87. The van der Waals surface area contributed by atoms with E-state index in [0.29, 0.717) is 12.1 Å². The van der Waals surface area contributed by atoms with Gasteiger partial charge in [0, 0.05) is 24.8 Å². The minimum Gasteiger partial charge on any atom is -0.349 e. The Hall–Kier alpha value is -1.62. The van der Waals surface area contributed by atoms with Crippen LogP contribution in [-0.2, 0) is 0 Å². The Bertz CT molecular complexity index is 605. The van der Waals surface area contributed by atoms with Gasteiger partial charge in [-0.25, -0.2) is 4.52 Å². The van der Waals surface area contributed by atoms with Crippen LogP contribution in [0.15, 0.2) is 18.3 Å². The third kappa shape index (κ3) is 1.89. The molecule has 0 aromatic carbocycles. The molecule has 4 rings (SSSR count). The van der Waals surface area contributed by atoms with Crippen molar-refractivity contribution in [1.82, 2.24) is 19.5 Å². The van der Waals surface area contributed by atoms with Crippen molar-refractivity contribution in [3.05, 3.63) is 23.9 Å². The third-order valence-electron chi connectivity index (χ3n) is 4.40. The second-order valence-electron chi connectivity index (χ2n) is 5.73. The molecule has 4 heterocycles. The number of nitrogens with one attached hydrogen (secondary N) is 1. The largest absolute Gasteiger partial charge is 0.349 e. The van der Waals surface area contributed by atoms with E-state index in [2.05, 4.69) is 33.3 Å². The zero-order chi connectivity index (χ0) is 12.8. The molecule has 0 bridgehead atoms. The molecular formula is C14H19N5. The van der Waals surface area contributed by atoms with Crippen LogP contribution >= 0.6 is 0 Å². The molecule has 0 radical (unpaired) electrons. The maximum atomic E-state index is 4.55. The SMILES string of the molecule is Cc1ccc2nc(NC3CCN4CCCC34)nn2c1. The summed E-state index contributed by atoms with van der Waals surface area (Å²) in [6, 6.07) is 5.29. The normalized spacial score (nSPS) is 27.0. The topological polar surface area (TPSA) is 45.5 Å². The molecule has 5 heteroatoms. The standard InChI is InChI=1S/C14H19N5/c1-10-4-5-13-16-14(17-19(13)9-10)15-11-6-8-18-7-2-3-12(11)18/h4-5,9,11-12H,2-3,6-8H2,1H3,(H,15,17). The van der Waals surface area contributed by atoms with E-state index >= 15 is 0 Å². The molecule has 100 valence electrons. The van der Waals surface area contributed by atoms with E-state index in [1.54, 1.807) is 0 Å². The van der Waals surface area contributed by atoms with E-state index in [1.165, 1.54) is 37.9 Å². The summed E-state index contributed by atoms with van der Waals surface area (Å²) < 4.78 is 1.86.